The standard InChI is InChI=1S/C11H15N3O/c1-14(5-6-15-2)10-3-4-11(13)9(7-10)8-12/h3-4,7H,5-6,13H2,1-2H3. The largest absolute Gasteiger partial charge is 0.398 e. The Hall–Kier alpha value is -1.73. The van der Waals surface area contributed by atoms with E-state index in [9.17, 15) is 0 Å². The maximum absolute atomic E-state index is 8.83. The van der Waals surface area contributed by atoms with Gasteiger partial charge in [-0.3, -0.25) is 0 Å². The van der Waals surface area contributed by atoms with E-state index in [1.165, 1.54) is 0 Å². The number of likely N-dealkylation sites (N-methyl/N-ethyl adjacent to an activating group) is 1. The molecule has 2 N–H and O–H groups in total. The lowest BCUT2D eigenvalue weighted by atomic mass is 10.1. The quantitative estimate of drug-likeness (QED) is 0.751. The third-order valence-electron chi connectivity index (χ3n) is 2.23. The van der Waals surface area contributed by atoms with E-state index < -0.39 is 0 Å². The Bertz CT molecular complexity index is 371. The number of nitrogens with zero attached hydrogens (tertiary/aromatic N) is 2. The second-order valence-corrected chi connectivity index (χ2v) is 3.30. The van der Waals surface area contributed by atoms with Crippen LogP contribution < -0.4 is 10.6 Å². The number of ether oxygens (including phenoxy) is 1. The monoisotopic (exact) mass is 205 g/mol. The molecule has 1 aromatic rings. The number of hydrogen-bond donors (Lipinski definition) is 1. The maximum atomic E-state index is 8.83. The minimum Gasteiger partial charge on any atom is -0.398 e. The van der Waals surface area contributed by atoms with Gasteiger partial charge in [-0.05, 0) is 18.2 Å². The molecule has 15 heavy (non-hydrogen) atoms. The summed E-state index contributed by atoms with van der Waals surface area (Å²) in [5.41, 5.74) is 7.63. The predicted molar refractivity (Wildman–Crippen MR) is 60.7 cm³/mol. The summed E-state index contributed by atoms with van der Waals surface area (Å²) in [6.45, 7) is 1.44. The van der Waals surface area contributed by atoms with Crippen molar-refractivity contribution in [2.24, 2.45) is 0 Å². The Labute approximate surface area is 89.9 Å². The molecule has 0 aliphatic heterocycles. The number of rotatable bonds is 4. The summed E-state index contributed by atoms with van der Waals surface area (Å²) in [7, 11) is 3.61. The Morgan fingerprint density at radius 3 is 2.87 bits per heavy atom. The van der Waals surface area contributed by atoms with Crippen molar-refractivity contribution < 1.29 is 4.74 Å². The number of hydrogen-bond acceptors (Lipinski definition) is 4. The van der Waals surface area contributed by atoms with Crippen LogP contribution in [0.5, 0.6) is 0 Å². The second kappa shape index (κ2) is 5.23. The fourth-order valence-electron chi connectivity index (χ4n) is 1.24. The lowest BCUT2D eigenvalue weighted by Crippen LogP contribution is -2.22. The van der Waals surface area contributed by atoms with Gasteiger partial charge in [0, 0.05) is 32.1 Å². The first-order chi connectivity index (χ1) is 7.19. The van der Waals surface area contributed by atoms with Crippen LogP contribution in [0.2, 0.25) is 0 Å². The average molecular weight is 205 g/mol. The van der Waals surface area contributed by atoms with Crippen LogP contribution in [0.4, 0.5) is 11.4 Å². The summed E-state index contributed by atoms with van der Waals surface area (Å²) in [4.78, 5) is 2.02. The van der Waals surface area contributed by atoms with E-state index >= 15 is 0 Å². The molecule has 0 spiro atoms. The van der Waals surface area contributed by atoms with Crippen molar-refractivity contribution in [2.45, 2.75) is 0 Å². The van der Waals surface area contributed by atoms with Gasteiger partial charge in [0.2, 0.25) is 0 Å². The van der Waals surface area contributed by atoms with Crippen molar-refractivity contribution in [3.63, 3.8) is 0 Å². The van der Waals surface area contributed by atoms with Gasteiger partial charge < -0.3 is 15.4 Å². The Kier molecular flexibility index (Phi) is 3.95. The van der Waals surface area contributed by atoms with E-state index in [0.717, 1.165) is 12.2 Å². The molecule has 0 radical (unpaired) electrons. The highest BCUT2D eigenvalue weighted by Gasteiger charge is 2.04. The first-order valence-corrected chi connectivity index (χ1v) is 4.68. The minimum absolute atomic E-state index is 0.511. The van der Waals surface area contributed by atoms with Crippen LogP contribution in [-0.2, 0) is 4.74 Å². The van der Waals surface area contributed by atoms with Gasteiger partial charge in [0.25, 0.3) is 0 Å². The van der Waals surface area contributed by atoms with Gasteiger partial charge in [-0.1, -0.05) is 0 Å². The second-order valence-electron chi connectivity index (χ2n) is 3.30. The van der Waals surface area contributed by atoms with Crippen molar-refractivity contribution in [3.8, 4) is 6.07 Å². The normalized spacial score (nSPS) is 9.67. The number of nitriles is 1. The van der Waals surface area contributed by atoms with Crippen LogP contribution in [0.1, 0.15) is 5.56 Å². The zero-order chi connectivity index (χ0) is 11.3. The third-order valence-corrected chi connectivity index (χ3v) is 2.23. The van der Waals surface area contributed by atoms with Gasteiger partial charge in [-0.2, -0.15) is 5.26 Å². The molecule has 4 nitrogen and oxygen atoms in total. The molecule has 0 bridgehead atoms. The number of nitrogens with two attached hydrogens (primary N) is 1. The summed E-state index contributed by atoms with van der Waals surface area (Å²) in [5.74, 6) is 0. The van der Waals surface area contributed by atoms with Crippen LogP contribution in [-0.4, -0.2) is 27.3 Å². The number of nitrogen functional groups attached to an aromatic ring is 1. The van der Waals surface area contributed by atoms with E-state index in [1.807, 2.05) is 18.0 Å². The number of benzene rings is 1. The summed E-state index contributed by atoms with van der Waals surface area (Å²) < 4.78 is 4.98. The summed E-state index contributed by atoms with van der Waals surface area (Å²) in [6, 6.07) is 7.49. The van der Waals surface area contributed by atoms with E-state index in [2.05, 4.69) is 6.07 Å². The van der Waals surface area contributed by atoms with Crippen molar-refractivity contribution in [2.75, 3.05) is 37.9 Å². The zero-order valence-electron chi connectivity index (χ0n) is 9.03. The molecule has 80 valence electrons. The lowest BCUT2D eigenvalue weighted by Gasteiger charge is -2.19. The molecule has 0 aliphatic rings. The fourth-order valence-corrected chi connectivity index (χ4v) is 1.24. The molecule has 0 saturated carbocycles. The highest BCUT2D eigenvalue weighted by molar-refractivity contribution is 5.62. The highest BCUT2D eigenvalue weighted by atomic mass is 16.5. The van der Waals surface area contributed by atoms with E-state index in [1.54, 1.807) is 19.2 Å². The van der Waals surface area contributed by atoms with Crippen LogP contribution >= 0.6 is 0 Å². The van der Waals surface area contributed by atoms with Crippen LogP contribution in [0.15, 0.2) is 18.2 Å². The van der Waals surface area contributed by atoms with Gasteiger partial charge >= 0.3 is 0 Å². The maximum Gasteiger partial charge on any atom is 0.101 e. The van der Waals surface area contributed by atoms with Crippen molar-refractivity contribution in [3.05, 3.63) is 23.8 Å². The predicted octanol–water partition coefficient (Wildman–Crippen LogP) is 1.22. The van der Waals surface area contributed by atoms with E-state index in [0.29, 0.717) is 17.9 Å². The average Bonchev–Trinajstić information content (AvgIpc) is 2.26. The molecular formula is C11H15N3O. The molecule has 0 saturated heterocycles. The third kappa shape index (κ3) is 2.86. The molecule has 0 fully saturated rings. The first-order valence-electron chi connectivity index (χ1n) is 4.68. The zero-order valence-corrected chi connectivity index (χ0v) is 9.03. The van der Waals surface area contributed by atoms with Gasteiger partial charge in [0.15, 0.2) is 0 Å². The summed E-state index contributed by atoms with van der Waals surface area (Å²) in [6.07, 6.45) is 0. The fraction of sp³-hybridized carbons (Fsp3) is 0.364. The number of anilines is 2. The van der Waals surface area contributed by atoms with Crippen LogP contribution in [0, 0.1) is 11.3 Å². The van der Waals surface area contributed by atoms with Crippen molar-refractivity contribution >= 4 is 11.4 Å². The smallest absolute Gasteiger partial charge is 0.101 e. The van der Waals surface area contributed by atoms with Gasteiger partial charge in [-0.25, -0.2) is 0 Å². The van der Waals surface area contributed by atoms with Gasteiger partial charge in [-0.15, -0.1) is 0 Å². The SMILES string of the molecule is COCCN(C)c1ccc(N)c(C#N)c1. The van der Waals surface area contributed by atoms with Crippen molar-refractivity contribution in [1.29, 1.82) is 5.26 Å². The van der Waals surface area contributed by atoms with Gasteiger partial charge in [0.1, 0.15) is 6.07 Å². The number of methoxy groups -OCH3 is 1. The molecule has 0 amide bonds. The van der Waals surface area contributed by atoms with Crippen LogP contribution in [0.3, 0.4) is 0 Å². The van der Waals surface area contributed by atoms with Gasteiger partial charge in [0.05, 0.1) is 12.2 Å². The molecular weight excluding hydrogens is 190 g/mol. The Morgan fingerprint density at radius 2 is 2.27 bits per heavy atom. The highest BCUT2D eigenvalue weighted by Crippen LogP contribution is 2.19. The first kappa shape index (κ1) is 11.3. The van der Waals surface area contributed by atoms with E-state index in [-0.39, 0.29) is 0 Å². The molecule has 0 aromatic heterocycles. The molecule has 1 rings (SSSR count). The molecule has 0 atom stereocenters. The molecule has 1 aromatic carbocycles. The summed E-state index contributed by atoms with van der Waals surface area (Å²) >= 11 is 0. The summed E-state index contributed by atoms with van der Waals surface area (Å²) in [5, 5.41) is 8.83. The molecule has 4 heteroatoms. The van der Waals surface area contributed by atoms with E-state index in [4.69, 9.17) is 15.7 Å². The minimum atomic E-state index is 0.511. The molecule has 0 unspecified atom stereocenters. The van der Waals surface area contributed by atoms with Crippen molar-refractivity contribution in [1.82, 2.24) is 0 Å². The Balaban J connectivity index is 2.82. The topological polar surface area (TPSA) is 62.3 Å². The molecule has 0 aliphatic carbocycles. The molecule has 0 heterocycles. The Morgan fingerprint density at radius 1 is 1.53 bits per heavy atom. The van der Waals surface area contributed by atoms with Crippen LogP contribution in [0.25, 0.3) is 0 Å². The lowest BCUT2D eigenvalue weighted by molar-refractivity contribution is 0.206.